The van der Waals surface area contributed by atoms with E-state index >= 15 is 0 Å². The van der Waals surface area contributed by atoms with Crippen LogP contribution < -0.4 is 5.32 Å². The van der Waals surface area contributed by atoms with Crippen molar-refractivity contribution in [3.8, 4) is 0 Å². The van der Waals surface area contributed by atoms with E-state index in [9.17, 15) is 9.59 Å². The Bertz CT molecular complexity index is 667. The van der Waals surface area contributed by atoms with Crippen molar-refractivity contribution in [2.45, 2.75) is 90.1 Å². The Morgan fingerprint density at radius 3 is 2.20 bits per heavy atom. The summed E-state index contributed by atoms with van der Waals surface area (Å²) in [6.07, 6.45) is 12.5. The molecule has 0 spiro atoms. The molecule has 5 nitrogen and oxygen atoms in total. The molecule has 2 saturated heterocycles. The van der Waals surface area contributed by atoms with Crippen LogP contribution in [0.3, 0.4) is 0 Å². The standard InChI is InChI=1S/C25H41N3O2/c1-17-16-19(22-9-7-18-4-3-5-21(18)26-22)6-8-20(17)23(29)27-12-14-28(15-13-27)24(30)25(2)10-11-25/h17-22,26H,3-16H2,1-2H3. The zero-order valence-corrected chi connectivity index (χ0v) is 19.1. The third-order valence-corrected chi connectivity index (χ3v) is 9.43. The monoisotopic (exact) mass is 415 g/mol. The molecule has 3 saturated carbocycles. The number of fused-ring (bicyclic) bond motifs is 1. The molecule has 30 heavy (non-hydrogen) atoms. The average molecular weight is 416 g/mol. The van der Waals surface area contributed by atoms with Gasteiger partial charge in [-0.15, -0.1) is 0 Å². The highest BCUT2D eigenvalue weighted by molar-refractivity contribution is 5.85. The summed E-state index contributed by atoms with van der Waals surface area (Å²) in [5.74, 6) is 3.02. The number of rotatable bonds is 3. The van der Waals surface area contributed by atoms with Gasteiger partial charge >= 0.3 is 0 Å². The first kappa shape index (κ1) is 20.8. The number of carbonyl (C=O) groups is 2. The maximum Gasteiger partial charge on any atom is 0.228 e. The number of hydrogen-bond donors (Lipinski definition) is 1. The van der Waals surface area contributed by atoms with Gasteiger partial charge in [-0.05, 0) is 75.5 Å². The van der Waals surface area contributed by atoms with Gasteiger partial charge < -0.3 is 15.1 Å². The smallest absolute Gasteiger partial charge is 0.228 e. The van der Waals surface area contributed by atoms with Gasteiger partial charge in [-0.2, -0.15) is 0 Å². The van der Waals surface area contributed by atoms with Crippen LogP contribution >= 0.6 is 0 Å². The summed E-state index contributed by atoms with van der Waals surface area (Å²) >= 11 is 0. The quantitative estimate of drug-likeness (QED) is 0.768. The molecular weight excluding hydrogens is 374 g/mol. The van der Waals surface area contributed by atoms with Crippen molar-refractivity contribution in [1.82, 2.24) is 15.1 Å². The van der Waals surface area contributed by atoms with Gasteiger partial charge in [0.15, 0.2) is 0 Å². The van der Waals surface area contributed by atoms with E-state index < -0.39 is 0 Å². The molecule has 2 heterocycles. The second-order valence-corrected chi connectivity index (χ2v) is 11.5. The van der Waals surface area contributed by atoms with E-state index in [2.05, 4.69) is 24.1 Å². The number of nitrogens with one attached hydrogen (secondary N) is 1. The van der Waals surface area contributed by atoms with Crippen molar-refractivity contribution < 1.29 is 9.59 Å². The largest absolute Gasteiger partial charge is 0.339 e. The van der Waals surface area contributed by atoms with Crippen LogP contribution in [0, 0.1) is 29.1 Å². The first-order valence-electron chi connectivity index (χ1n) is 12.8. The lowest BCUT2D eigenvalue weighted by atomic mass is 9.70. The Kier molecular flexibility index (Phi) is 5.62. The van der Waals surface area contributed by atoms with Crippen molar-refractivity contribution in [3.63, 3.8) is 0 Å². The third kappa shape index (κ3) is 3.91. The molecule has 5 aliphatic rings. The SMILES string of the molecule is CC1CC(C2CCC3CCCC3N2)CCC1C(=O)N1CCN(C(=O)C2(C)CC2)CC1. The summed E-state index contributed by atoms with van der Waals surface area (Å²) in [6, 6.07) is 1.46. The summed E-state index contributed by atoms with van der Waals surface area (Å²) in [7, 11) is 0. The molecule has 5 rings (SSSR count). The van der Waals surface area contributed by atoms with Gasteiger partial charge in [0.25, 0.3) is 0 Å². The number of piperidine rings is 1. The van der Waals surface area contributed by atoms with Gasteiger partial charge in [0.2, 0.25) is 11.8 Å². The van der Waals surface area contributed by atoms with Gasteiger partial charge in [-0.25, -0.2) is 0 Å². The average Bonchev–Trinajstić information content (AvgIpc) is 3.34. The number of hydrogen-bond acceptors (Lipinski definition) is 3. The van der Waals surface area contributed by atoms with Crippen molar-refractivity contribution in [2.75, 3.05) is 26.2 Å². The minimum Gasteiger partial charge on any atom is -0.339 e. The van der Waals surface area contributed by atoms with Crippen LogP contribution in [-0.4, -0.2) is 59.9 Å². The molecule has 6 atom stereocenters. The first-order valence-corrected chi connectivity index (χ1v) is 12.8. The summed E-state index contributed by atoms with van der Waals surface area (Å²) in [5.41, 5.74) is -0.0925. The molecular formula is C25H41N3O2. The van der Waals surface area contributed by atoms with E-state index in [0.29, 0.717) is 23.8 Å². The van der Waals surface area contributed by atoms with Crippen molar-refractivity contribution in [2.24, 2.45) is 29.1 Å². The second-order valence-electron chi connectivity index (χ2n) is 11.5. The highest BCUT2D eigenvalue weighted by atomic mass is 16.2. The lowest BCUT2D eigenvalue weighted by Crippen LogP contribution is -2.54. The molecule has 168 valence electrons. The number of nitrogens with zero attached hydrogens (tertiary/aromatic N) is 2. The molecule has 1 N–H and O–H groups in total. The van der Waals surface area contributed by atoms with Crippen LogP contribution in [0.5, 0.6) is 0 Å². The fourth-order valence-electron chi connectivity index (χ4n) is 7.04. The van der Waals surface area contributed by atoms with Gasteiger partial charge in [-0.1, -0.05) is 20.3 Å². The minimum absolute atomic E-state index is 0.0925. The van der Waals surface area contributed by atoms with Crippen LogP contribution in [0.4, 0.5) is 0 Å². The Labute approximate surface area is 182 Å². The van der Waals surface area contributed by atoms with Crippen LogP contribution in [0.2, 0.25) is 0 Å². The van der Waals surface area contributed by atoms with E-state index in [4.69, 9.17) is 0 Å². The molecule has 2 aliphatic heterocycles. The predicted molar refractivity (Wildman–Crippen MR) is 118 cm³/mol. The Balaban J connectivity index is 1.11. The van der Waals surface area contributed by atoms with Gasteiger partial charge in [-0.3, -0.25) is 9.59 Å². The van der Waals surface area contributed by atoms with Gasteiger partial charge in [0.1, 0.15) is 0 Å². The van der Waals surface area contributed by atoms with E-state index in [-0.39, 0.29) is 11.3 Å². The molecule has 5 fully saturated rings. The Morgan fingerprint density at radius 1 is 0.833 bits per heavy atom. The predicted octanol–water partition coefficient (Wildman–Crippen LogP) is 3.43. The van der Waals surface area contributed by atoms with Gasteiger partial charge in [0.05, 0.1) is 0 Å². The highest BCUT2D eigenvalue weighted by Gasteiger charge is 2.48. The second kappa shape index (κ2) is 8.11. The summed E-state index contributed by atoms with van der Waals surface area (Å²) in [4.78, 5) is 29.9. The minimum atomic E-state index is -0.0925. The molecule has 3 aliphatic carbocycles. The number of piperazine rings is 1. The summed E-state index contributed by atoms with van der Waals surface area (Å²) in [5, 5.41) is 4.01. The molecule has 0 aromatic heterocycles. The first-order chi connectivity index (χ1) is 14.4. The van der Waals surface area contributed by atoms with Crippen molar-refractivity contribution >= 4 is 11.8 Å². The maximum atomic E-state index is 13.3. The van der Waals surface area contributed by atoms with Crippen LogP contribution in [0.1, 0.15) is 78.1 Å². The molecule has 0 aromatic rings. The highest BCUT2D eigenvalue weighted by Crippen LogP contribution is 2.46. The fourth-order valence-corrected chi connectivity index (χ4v) is 7.04. The molecule has 0 radical (unpaired) electrons. The zero-order chi connectivity index (χ0) is 20.9. The Morgan fingerprint density at radius 2 is 1.50 bits per heavy atom. The Hall–Kier alpha value is -1.10. The molecule has 6 unspecified atom stereocenters. The zero-order valence-electron chi connectivity index (χ0n) is 19.1. The van der Waals surface area contributed by atoms with Crippen molar-refractivity contribution in [1.29, 1.82) is 0 Å². The maximum absolute atomic E-state index is 13.3. The topological polar surface area (TPSA) is 52.7 Å². The fraction of sp³-hybridized carbons (Fsp3) is 0.920. The normalized spacial score (nSPS) is 40.7. The molecule has 0 bridgehead atoms. The van der Waals surface area contributed by atoms with E-state index in [1.807, 2.05) is 4.90 Å². The van der Waals surface area contributed by atoms with Crippen LogP contribution in [-0.2, 0) is 9.59 Å². The molecule has 5 heteroatoms. The van der Waals surface area contributed by atoms with E-state index in [1.54, 1.807) is 0 Å². The number of amides is 2. The van der Waals surface area contributed by atoms with Gasteiger partial charge in [0, 0.05) is 49.6 Å². The van der Waals surface area contributed by atoms with Crippen LogP contribution in [0.15, 0.2) is 0 Å². The summed E-state index contributed by atoms with van der Waals surface area (Å²) < 4.78 is 0. The number of carbonyl (C=O) groups excluding carboxylic acids is 2. The van der Waals surface area contributed by atoms with Crippen LogP contribution in [0.25, 0.3) is 0 Å². The van der Waals surface area contributed by atoms with Crippen molar-refractivity contribution in [3.05, 3.63) is 0 Å². The van der Waals surface area contributed by atoms with E-state index in [0.717, 1.165) is 63.3 Å². The third-order valence-electron chi connectivity index (χ3n) is 9.43. The lowest BCUT2D eigenvalue weighted by molar-refractivity contribution is -0.146. The lowest BCUT2D eigenvalue weighted by Gasteiger charge is -2.44. The summed E-state index contributed by atoms with van der Waals surface area (Å²) in [6.45, 7) is 7.28. The molecule has 0 aromatic carbocycles. The van der Waals surface area contributed by atoms with E-state index in [1.165, 1.54) is 44.9 Å². The molecule has 2 amide bonds.